The van der Waals surface area contributed by atoms with Gasteiger partial charge in [0.2, 0.25) is 0 Å². The van der Waals surface area contributed by atoms with Crippen LogP contribution >= 0.6 is 11.3 Å². The third-order valence-electron chi connectivity index (χ3n) is 2.66. The summed E-state index contributed by atoms with van der Waals surface area (Å²) < 4.78 is 1.03. The number of aliphatic hydroxyl groups is 1. The lowest BCUT2D eigenvalue weighted by Crippen LogP contribution is -2.38. The van der Waals surface area contributed by atoms with E-state index >= 15 is 0 Å². The topological polar surface area (TPSA) is 84.1 Å². The molecule has 17 heavy (non-hydrogen) atoms. The number of hydrogen-bond donors (Lipinski definition) is 3. The quantitative estimate of drug-likeness (QED) is 0.759. The lowest BCUT2D eigenvalue weighted by atomic mass is 10.2. The normalized spacial score (nSPS) is 14.8. The zero-order valence-electron chi connectivity index (χ0n) is 9.84. The van der Waals surface area contributed by atoms with Gasteiger partial charge in [-0.15, -0.1) is 11.3 Å². The van der Waals surface area contributed by atoms with Gasteiger partial charge in [0.1, 0.15) is 12.1 Å². The molecule has 2 unspecified atom stereocenters. The van der Waals surface area contributed by atoms with Gasteiger partial charge in [0, 0.05) is 12.6 Å². The molecule has 5 nitrogen and oxygen atoms in total. The Hall–Kier alpha value is -1.24. The standard InChI is InChI=1S/C11H16N4OS/c1-6-4-17-10-9(6)14-5-15-11(10)13-3-8(12)7(2)16/h4-5,7-8,16H,3,12H2,1-2H3,(H,13,14,15). The zero-order valence-corrected chi connectivity index (χ0v) is 10.7. The number of hydrogen-bond acceptors (Lipinski definition) is 6. The molecule has 6 heteroatoms. The van der Waals surface area contributed by atoms with Crippen LogP contribution in [0.3, 0.4) is 0 Å². The Balaban J connectivity index is 2.19. The fourth-order valence-corrected chi connectivity index (χ4v) is 2.45. The highest BCUT2D eigenvalue weighted by molar-refractivity contribution is 7.18. The number of aliphatic hydroxyl groups excluding tert-OH is 1. The lowest BCUT2D eigenvalue weighted by molar-refractivity contribution is 0.168. The average molecular weight is 252 g/mol. The number of nitrogens with zero attached hydrogens (tertiary/aromatic N) is 2. The van der Waals surface area contributed by atoms with E-state index < -0.39 is 6.10 Å². The Morgan fingerprint density at radius 1 is 1.53 bits per heavy atom. The van der Waals surface area contributed by atoms with Crippen LogP contribution < -0.4 is 11.1 Å². The first-order valence-electron chi connectivity index (χ1n) is 5.46. The minimum absolute atomic E-state index is 0.305. The third-order valence-corrected chi connectivity index (χ3v) is 3.75. The monoisotopic (exact) mass is 252 g/mol. The van der Waals surface area contributed by atoms with Crippen LogP contribution in [0.25, 0.3) is 10.2 Å². The second-order valence-electron chi connectivity index (χ2n) is 4.10. The van der Waals surface area contributed by atoms with Crippen molar-refractivity contribution < 1.29 is 5.11 Å². The molecule has 0 aromatic carbocycles. The molecular formula is C11H16N4OS. The number of nitrogens with one attached hydrogen (secondary N) is 1. The SMILES string of the molecule is Cc1csc2c(NCC(N)C(C)O)ncnc12. The average Bonchev–Trinajstić information content (AvgIpc) is 2.69. The predicted octanol–water partition coefficient (Wildman–Crippen LogP) is 1.12. The van der Waals surface area contributed by atoms with Gasteiger partial charge in [0.15, 0.2) is 0 Å². The van der Waals surface area contributed by atoms with Gasteiger partial charge in [0.05, 0.1) is 16.3 Å². The summed E-state index contributed by atoms with van der Waals surface area (Å²) in [6.45, 7) is 4.19. The van der Waals surface area contributed by atoms with E-state index in [-0.39, 0.29) is 6.04 Å². The Labute approximate surface area is 104 Å². The van der Waals surface area contributed by atoms with Gasteiger partial charge < -0.3 is 16.2 Å². The molecule has 92 valence electrons. The number of aryl methyl sites for hydroxylation is 1. The highest BCUT2D eigenvalue weighted by Crippen LogP contribution is 2.28. The molecule has 4 N–H and O–H groups in total. The van der Waals surface area contributed by atoms with Gasteiger partial charge in [0.25, 0.3) is 0 Å². The molecule has 0 saturated heterocycles. The predicted molar refractivity (Wildman–Crippen MR) is 70.3 cm³/mol. The molecule has 2 rings (SSSR count). The smallest absolute Gasteiger partial charge is 0.147 e. The molecule has 0 spiro atoms. The van der Waals surface area contributed by atoms with E-state index in [1.165, 1.54) is 6.33 Å². The summed E-state index contributed by atoms with van der Waals surface area (Å²) in [5.74, 6) is 0.782. The van der Waals surface area contributed by atoms with Crippen LogP contribution in [0, 0.1) is 6.92 Å². The number of anilines is 1. The molecule has 0 aliphatic rings. The van der Waals surface area contributed by atoms with Crippen LogP contribution in [0.2, 0.25) is 0 Å². The Bertz CT molecular complexity index is 511. The van der Waals surface area contributed by atoms with E-state index in [1.807, 2.05) is 6.92 Å². The molecule has 2 aromatic heterocycles. The molecular weight excluding hydrogens is 236 g/mol. The fraction of sp³-hybridized carbons (Fsp3) is 0.455. The molecule has 0 amide bonds. The van der Waals surface area contributed by atoms with Crippen LogP contribution in [-0.4, -0.2) is 33.8 Å². The van der Waals surface area contributed by atoms with Crippen LogP contribution in [0.4, 0.5) is 5.82 Å². The van der Waals surface area contributed by atoms with E-state index in [4.69, 9.17) is 5.73 Å². The number of nitrogens with two attached hydrogens (primary N) is 1. The lowest BCUT2D eigenvalue weighted by Gasteiger charge is -2.15. The van der Waals surface area contributed by atoms with Crippen molar-refractivity contribution in [1.82, 2.24) is 9.97 Å². The zero-order chi connectivity index (χ0) is 12.4. The second kappa shape index (κ2) is 4.95. The molecule has 0 fully saturated rings. The van der Waals surface area contributed by atoms with Gasteiger partial charge in [-0.1, -0.05) is 0 Å². The first-order chi connectivity index (χ1) is 8.09. The molecule has 2 heterocycles. The van der Waals surface area contributed by atoms with E-state index in [0.29, 0.717) is 6.54 Å². The van der Waals surface area contributed by atoms with Crippen molar-refractivity contribution in [2.45, 2.75) is 26.0 Å². The van der Waals surface area contributed by atoms with Gasteiger partial charge in [-0.25, -0.2) is 9.97 Å². The van der Waals surface area contributed by atoms with Gasteiger partial charge in [-0.3, -0.25) is 0 Å². The molecule has 2 atom stereocenters. The summed E-state index contributed by atoms with van der Waals surface area (Å²) in [6.07, 6.45) is 1.00. The van der Waals surface area contributed by atoms with Crippen molar-refractivity contribution in [2.75, 3.05) is 11.9 Å². The van der Waals surface area contributed by atoms with Gasteiger partial charge in [-0.05, 0) is 24.8 Å². The fourth-order valence-electron chi connectivity index (χ4n) is 1.48. The molecule has 0 aliphatic carbocycles. The summed E-state index contributed by atoms with van der Waals surface area (Å²) in [7, 11) is 0. The van der Waals surface area contributed by atoms with Crippen molar-refractivity contribution in [3.63, 3.8) is 0 Å². The van der Waals surface area contributed by atoms with Crippen LogP contribution in [0.15, 0.2) is 11.7 Å². The number of fused-ring (bicyclic) bond motifs is 1. The molecule has 0 saturated carbocycles. The first-order valence-corrected chi connectivity index (χ1v) is 6.34. The second-order valence-corrected chi connectivity index (χ2v) is 4.98. The first kappa shape index (κ1) is 12.2. The van der Waals surface area contributed by atoms with Gasteiger partial charge >= 0.3 is 0 Å². The highest BCUT2D eigenvalue weighted by Gasteiger charge is 2.11. The van der Waals surface area contributed by atoms with Crippen molar-refractivity contribution in [3.05, 3.63) is 17.3 Å². The van der Waals surface area contributed by atoms with Crippen molar-refractivity contribution in [1.29, 1.82) is 0 Å². The molecule has 2 aromatic rings. The summed E-state index contributed by atoms with van der Waals surface area (Å²) in [4.78, 5) is 8.44. The van der Waals surface area contributed by atoms with E-state index in [2.05, 4.69) is 20.7 Å². The highest BCUT2D eigenvalue weighted by atomic mass is 32.1. The Kier molecular flexibility index (Phi) is 3.56. The van der Waals surface area contributed by atoms with E-state index in [1.54, 1.807) is 18.3 Å². The summed E-state index contributed by atoms with van der Waals surface area (Å²) in [6, 6.07) is -0.305. The van der Waals surface area contributed by atoms with Crippen molar-refractivity contribution >= 4 is 27.4 Å². The van der Waals surface area contributed by atoms with Crippen LogP contribution in [0.1, 0.15) is 12.5 Å². The maximum atomic E-state index is 9.32. The summed E-state index contributed by atoms with van der Waals surface area (Å²) in [5.41, 5.74) is 7.88. The van der Waals surface area contributed by atoms with Crippen molar-refractivity contribution in [2.24, 2.45) is 5.73 Å². The van der Waals surface area contributed by atoms with Crippen molar-refractivity contribution in [3.8, 4) is 0 Å². The van der Waals surface area contributed by atoms with E-state index in [9.17, 15) is 5.11 Å². The molecule has 0 bridgehead atoms. The minimum atomic E-state index is -0.537. The number of thiophene rings is 1. The summed E-state index contributed by atoms with van der Waals surface area (Å²) >= 11 is 1.61. The number of aromatic nitrogens is 2. The molecule has 0 radical (unpaired) electrons. The molecule has 0 aliphatic heterocycles. The number of rotatable bonds is 4. The van der Waals surface area contributed by atoms with Crippen LogP contribution in [0.5, 0.6) is 0 Å². The maximum absolute atomic E-state index is 9.32. The maximum Gasteiger partial charge on any atom is 0.147 e. The van der Waals surface area contributed by atoms with Gasteiger partial charge in [-0.2, -0.15) is 0 Å². The summed E-state index contributed by atoms with van der Waals surface area (Å²) in [5, 5.41) is 14.5. The van der Waals surface area contributed by atoms with E-state index in [0.717, 1.165) is 21.6 Å². The minimum Gasteiger partial charge on any atom is -0.392 e. The largest absolute Gasteiger partial charge is 0.392 e. The van der Waals surface area contributed by atoms with Crippen LogP contribution in [-0.2, 0) is 0 Å². The Morgan fingerprint density at radius 2 is 2.29 bits per heavy atom. The third kappa shape index (κ3) is 2.54. The Morgan fingerprint density at radius 3 is 3.00 bits per heavy atom.